The van der Waals surface area contributed by atoms with Gasteiger partial charge in [-0.15, -0.1) is 0 Å². The second-order valence-corrected chi connectivity index (χ2v) is 7.91. The number of anilines is 1. The minimum atomic E-state index is -0.575. The maximum atomic E-state index is 12.8. The number of rotatable bonds is 5. The van der Waals surface area contributed by atoms with Crippen molar-refractivity contribution in [2.45, 2.75) is 25.5 Å². The Morgan fingerprint density at radius 3 is 2.60 bits per heavy atom. The second-order valence-electron chi connectivity index (χ2n) is 6.74. The lowest BCUT2D eigenvalue weighted by Gasteiger charge is -2.30. The number of thioether (sulfide) groups is 1. The number of hydrogen-bond acceptors (Lipinski definition) is 6. The van der Waals surface area contributed by atoms with Crippen LogP contribution in [-0.2, 0) is 14.3 Å². The first-order valence-electron chi connectivity index (χ1n) is 9.53. The molecule has 0 spiro atoms. The molecule has 1 heterocycles. The molecule has 8 heteroatoms. The van der Waals surface area contributed by atoms with Crippen LogP contribution < -0.4 is 5.32 Å². The van der Waals surface area contributed by atoms with Crippen molar-refractivity contribution in [2.24, 2.45) is 4.99 Å². The zero-order valence-corrected chi connectivity index (χ0v) is 17.9. The highest BCUT2D eigenvalue weighted by atomic mass is 32.2. The minimum Gasteiger partial charge on any atom is -0.465 e. The Labute approximate surface area is 179 Å². The Bertz CT molecular complexity index is 988. The van der Waals surface area contributed by atoms with Crippen molar-refractivity contribution in [2.75, 3.05) is 19.0 Å². The number of ether oxygens (including phenoxy) is 1. The standard InChI is InChI=1S/C22H23N3O4S/c1-4-25-19(26)13-18(20(27)23-17-7-5-6-14(2)12-17)30-22(25)24-16-10-8-15(9-11-16)21(28)29-3/h5-12,18H,4,13H2,1-3H3,(H,23,27). The van der Waals surface area contributed by atoms with Crippen LogP contribution in [0.3, 0.4) is 0 Å². The molecule has 3 rings (SSSR count). The third-order valence-corrected chi connectivity index (χ3v) is 5.73. The SMILES string of the molecule is CCN1C(=O)CC(C(=O)Nc2cccc(C)c2)SC1=Nc1ccc(C(=O)OC)cc1. The zero-order valence-electron chi connectivity index (χ0n) is 17.0. The highest BCUT2D eigenvalue weighted by Crippen LogP contribution is 2.30. The third kappa shape index (κ3) is 5.07. The zero-order chi connectivity index (χ0) is 21.7. The Morgan fingerprint density at radius 1 is 1.23 bits per heavy atom. The molecule has 1 aliphatic rings. The average molecular weight is 426 g/mol. The number of methoxy groups -OCH3 is 1. The van der Waals surface area contributed by atoms with E-state index in [1.165, 1.54) is 18.9 Å². The summed E-state index contributed by atoms with van der Waals surface area (Å²) in [6.45, 7) is 4.27. The van der Waals surface area contributed by atoms with Crippen molar-refractivity contribution in [3.05, 3.63) is 59.7 Å². The lowest BCUT2D eigenvalue weighted by Crippen LogP contribution is -2.45. The molecule has 0 saturated carbocycles. The summed E-state index contributed by atoms with van der Waals surface area (Å²) >= 11 is 1.26. The number of hydrogen-bond donors (Lipinski definition) is 1. The molecule has 1 fully saturated rings. The highest BCUT2D eigenvalue weighted by Gasteiger charge is 2.35. The average Bonchev–Trinajstić information content (AvgIpc) is 2.73. The predicted molar refractivity (Wildman–Crippen MR) is 118 cm³/mol. The number of amides is 2. The lowest BCUT2D eigenvalue weighted by molar-refractivity contribution is -0.129. The van der Waals surface area contributed by atoms with E-state index >= 15 is 0 Å². The van der Waals surface area contributed by atoms with Crippen LogP contribution in [0.15, 0.2) is 53.5 Å². The van der Waals surface area contributed by atoms with Crippen LogP contribution in [0.1, 0.15) is 29.3 Å². The summed E-state index contributed by atoms with van der Waals surface area (Å²) in [7, 11) is 1.32. The Kier molecular flexibility index (Phi) is 6.89. The van der Waals surface area contributed by atoms with E-state index in [1.54, 1.807) is 29.2 Å². The summed E-state index contributed by atoms with van der Waals surface area (Å²) < 4.78 is 4.69. The molecule has 30 heavy (non-hydrogen) atoms. The number of nitrogens with one attached hydrogen (secondary N) is 1. The smallest absolute Gasteiger partial charge is 0.337 e. The van der Waals surface area contributed by atoms with Gasteiger partial charge in [-0.1, -0.05) is 23.9 Å². The molecule has 1 saturated heterocycles. The van der Waals surface area contributed by atoms with E-state index in [9.17, 15) is 14.4 Å². The van der Waals surface area contributed by atoms with Crippen molar-refractivity contribution in [3.63, 3.8) is 0 Å². The van der Waals surface area contributed by atoms with Gasteiger partial charge in [0, 0.05) is 18.7 Å². The van der Waals surface area contributed by atoms with Gasteiger partial charge in [-0.05, 0) is 55.8 Å². The summed E-state index contributed by atoms with van der Waals surface area (Å²) in [6, 6.07) is 14.1. The summed E-state index contributed by atoms with van der Waals surface area (Å²) in [5, 5.41) is 2.77. The van der Waals surface area contributed by atoms with Crippen molar-refractivity contribution in [3.8, 4) is 0 Å². The monoisotopic (exact) mass is 425 g/mol. The fourth-order valence-corrected chi connectivity index (χ4v) is 4.16. The second kappa shape index (κ2) is 9.58. The molecule has 2 aromatic carbocycles. The molecule has 0 aliphatic carbocycles. The minimum absolute atomic E-state index is 0.108. The summed E-state index contributed by atoms with van der Waals surface area (Å²) in [6.07, 6.45) is 0.108. The Hall–Kier alpha value is -3.13. The van der Waals surface area contributed by atoms with Gasteiger partial charge in [0.2, 0.25) is 11.8 Å². The van der Waals surface area contributed by atoms with E-state index in [0.717, 1.165) is 5.56 Å². The fraction of sp³-hybridized carbons (Fsp3) is 0.273. The van der Waals surface area contributed by atoms with Gasteiger partial charge in [-0.25, -0.2) is 9.79 Å². The molecule has 2 aromatic rings. The number of aliphatic imine (C=N–C) groups is 1. The van der Waals surface area contributed by atoms with Crippen molar-refractivity contribution >= 4 is 46.1 Å². The highest BCUT2D eigenvalue weighted by molar-refractivity contribution is 8.15. The summed E-state index contributed by atoms with van der Waals surface area (Å²) in [5.74, 6) is -0.812. The van der Waals surface area contributed by atoms with Crippen molar-refractivity contribution in [1.82, 2.24) is 4.90 Å². The lowest BCUT2D eigenvalue weighted by atomic mass is 10.2. The molecule has 1 aliphatic heterocycles. The van der Waals surface area contributed by atoms with Gasteiger partial charge in [-0.2, -0.15) is 0 Å². The van der Waals surface area contributed by atoms with Crippen LogP contribution in [0, 0.1) is 6.92 Å². The molecular formula is C22H23N3O4S. The number of carbonyl (C=O) groups excluding carboxylic acids is 3. The van der Waals surface area contributed by atoms with Gasteiger partial charge in [0.15, 0.2) is 5.17 Å². The van der Waals surface area contributed by atoms with Gasteiger partial charge in [0.25, 0.3) is 0 Å². The number of amidine groups is 1. The number of benzene rings is 2. The van der Waals surface area contributed by atoms with Gasteiger partial charge in [-0.3, -0.25) is 14.5 Å². The summed E-state index contributed by atoms with van der Waals surface area (Å²) in [5.41, 5.74) is 2.73. The molecule has 7 nitrogen and oxygen atoms in total. The molecule has 1 N–H and O–H groups in total. The summed E-state index contributed by atoms with van der Waals surface area (Å²) in [4.78, 5) is 43.1. The number of nitrogens with zero attached hydrogens (tertiary/aromatic N) is 2. The Morgan fingerprint density at radius 2 is 1.97 bits per heavy atom. The van der Waals surface area contributed by atoms with Gasteiger partial charge >= 0.3 is 5.97 Å². The van der Waals surface area contributed by atoms with Crippen molar-refractivity contribution in [1.29, 1.82) is 0 Å². The molecule has 1 atom stereocenters. The topological polar surface area (TPSA) is 88.1 Å². The molecule has 2 amide bonds. The maximum absolute atomic E-state index is 12.8. The van der Waals surface area contributed by atoms with E-state index in [1.807, 2.05) is 38.1 Å². The third-order valence-electron chi connectivity index (χ3n) is 4.55. The predicted octanol–water partition coefficient (Wildman–Crippen LogP) is 3.76. The molecular weight excluding hydrogens is 402 g/mol. The van der Waals surface area contributed by atoms with Crippen LogP contribution in [0.4, 0.5) is 11.4 Å². The van der Waals surface area contributed by atoms with Crippen LogP contribution in [0.5, 0.6) is 0 Å². The van der Waals surface area contributed by atoms with Crippen LogP contribution in [0.2, 0.25) is 0 Å². The number of carbonyl (C=O) groups is 3. The van der Waals surface area contributed by atoms with E-state index < -0.39 is 11.2 Å². The molecule has 0 radical (unpaired) electrons. The first-order valence-corrected chi connectivity index (χ1v) is 10.4. The normalized spacial score (nSPS) is 17.7. The maximum Gasteiger partial charge on any atom is 0.337 e. The molecule has 156 valence electrons. The van der Waals surface area contributed by atoms with E-state index in [2.05, 4.69) is 10.3 Å². The van der Waals surface area contributed by atoms with Crippen molar-refractivity contribution < 1.29 is 19.1 Å². The fourth-order valence-electron chi connectivity index (χ4n) is 3.00. The van der Waals surface area contributed by atoms with E-state index in [0.29, 0.717) is 28.7 Å². The van der Waals surface area contributed by atoms with Crippen LogP contribution in [0.25, 0.3) is 0 Å². The molecule has 0 aromatic heterocycles. The molecule has 0 bridgehead atoms. The van der Waals surface area contributed by atoms with E-state index in [-0.39, 0.29) is 18.2 Å². The van der Waals surface area contributed by atoms with Gasteiger partial charge < -0.3 is 10.1 Å². The van der Waals surface area contributed by atoms with Gasteiger partial charge in [0.1, 0.15) is 5.25 Å². The quantitative estimate of drug-likeness (QED) is 0.737. The Balaban J connectivity index is 1.80. The first kappa shape index (κ1) is 21.6. The van der Waals surface area contributed by atoms with Crippen LogP contribution in [-0.4, -0.2) is 46.8 Å². The molecule has 1 unspecified atom stereocenters. The largest absolute Gasteiger partial charge is 0.465 e. The number of aryl methyl sites for hydroxylation is 1. The number of esters is 1. The van der Waals surface area contributed by atoms with E-state index in [4.69, 9.17) is 4.74 Å². The van der Waals surface area contributed by atoms with Crippen LogP contribution >= 0.6 is 11.8 Å². The van der Waals surface area contributed by atoms with Gasteiger partial charge in [0.05, 0.1) is 18.4 Å². The first-order chi connectivity index (χ1) is 14.4.